The van der Waals surface area contributed by atoms with Gasteiger partial charge in [-0.05, 0) is 65.0 Å². The Morgan fingerprint density at radius 2 is 2.00 bits per heavy atom. The molecule has 2 aliphatic carbocycles. The average molecular weight is 384 g/mol. The maximum atomic E-state index is 12.0. The number of carboxylic acids is 1. The zero-order valence-corrected chi connectivity index (χ0v) is 17.5. The fourth-order valence-electron chi connectivity index (χ4n) is 5.71. The van der Waals surface area contributed by atoms with E-state index in [1.807, 2.05) is 0 Å². The van der Waals surface area contributed by atoms with Gasteiger partial charge in [0, 0.05) is 18.7 Å². The molecule has 0 spiro atoms. The molecule has 4 nitrogen and oxygen atoms in total. The zero-order valence-electron chi connectivity index (χ0n) is 17.5. The molecule has 0 unspecified atom stereocenters. The SMILES string of the molecule is CC(C)c1ccc2c(c1)CC[C@H]1[C@](C)(CNC(=O)/C=C/C(=O)O)CCC[C@]21C. The highest BCUT2D eigenvalue weighted by atomic mass is 16.4. The fraction of sp³-hybridized carbons (Fsp3) is 0.583. The van der Waals surface area contributed by atoms with Crippen LogP contribution >= 0.6 is 0 Å². The van der Waals surface area contributed by atoms with Gasteiger partial charge in [-0.2, -0.15) is 0 Å². The first kappa shape index (κ1) is 20.6. The van der Waals surface area contributed by atoms with Crippen LogP contribution in [-0.2, 0) is 21.4 Å². The molecule has 0 heterocycles. The van der Waals surface area contributed by atoms with Crippen molar-refractivity contribution in [1.82, 2.24) is 5.32 Å². The van der Waals surface area contributed by atoms with E-state index in [0.29, 0.717) is 18.4 Å². The molecule has 2 aliphatic rings. The summed E-state index contributed by atoms with van der Waals surface area (Å²) in [7, 11) is 0. The quantitative estimate of drug-likeness (QED) is 0.732. The molecule has 4 heteroatoms. The van der Waals surface area contributed by atoms with Crippen LogP contribution in [0, 0.1) is 11.3 Å². The summed E-state index contributed by atoms with van der Waals surface area (Å²) in [5.74, 6) is -0.374. The lowest BCUT2D eigenvalue weighted by molar-refractivity contribution is -0.131. The topological polar surface area (TPSA) is 66.4 Å². The molecule has 3 rings (SSSR count). The highest BCUT2D eigenvalue weighted by molar-refractivity contribution is 5.93. The minimum atomic E-state index is -1.10. The van der Waals surface area contributed by atoms with Gasteiger partial charge in [0.05, 0.1) is 0 Å². The van der Waals surface area contributed by atoms with Gasteiger partial charge in [0.2, 0.25) is 5.91 Å². The average Bonchev–Trinajstić information content (AvgIpc) is 2.64. The summed E-state index contributed by atoms with van der Waals surface area (Å²) < 4.78 is 0. The van der Waals surface area contributed by atoms with Gasteiger partial charge in [-0.3, -0.25) is 4.79 Å². The minimum Gasteiger partial charge on any atom is -0.478 e. The highest BCUT2D eigenvalue weighted by Crippen LogP contribution is 2.57. The number of aryl methyl sites for hydroxylation is 1. The minimum absolute atomic E-state index is 0.0220. The van der Waals surface area contributed by atoms with Gasteiger partial charge in [0.15, 0.2) is 0 Å². The van der Waals surface area contributed by atoms with Crippen LogP contribution in [0.1, 0.15) is 76.0 Å². The molecule has 1 aromatic rings. The van der Waals surface area contributed by atoms with E-state index in [-0.39, 0.29) is 16.7 Å². The third-order valence-electron chi connectivity index (χ3n) is 7.21. The first-order valence-electron chi connectivity index (χ1n) is 10.5. The van der Waals surface area contributed by atoms with E-state index in [9.17, 15) is 9.59 Å². The number of amides is 1. The van der Waals surface area contributed by atoms with Crippen molar-refractivity contribution in [2.24, 2.45) is 11.3 Å². The second kappa shape index (κ2) is 7.73. The molecular formula is C24H33NO3. The monoisotopic (exact) mass is 383 g/mol. The van der Waals surface area contributed by atoms with Crippen molar-refractivity contribution in [1.29, 1.82) is 0 Å². The third-order valence-corrected chi connectivity index (χ3v) is 7.21. The van der Waals surface area contributed by atoms with Gasteiger partial charge in [-0.25, -0.2) is 4.79 Å². The van der Waals surface area contributed by atoms with Gasteiger partial charge in [0.25, 0.3) is 0 Å². The second-order valence-electron chi connectivity index (χ2n) is 9.48. The molecule has 1 amide bonds. The van der Waals surface area contributed by atoms with Crippen LogP contribution < -0.4 is 5.32 Å². The predicted octanol–water partition coefficient (Wildman–Crippen LogP) is 4.58. The molecule has 0 aromatic heterocycles. The normalized spacial score (nSPS) is 29.4. The van der Waals surface area contributed by atoms with Gasteiger partial charge in [-0.1, -0.05) is 52.3 Å². The Balaban J connectivity index is 1.82. The number of aliphatic carboxylic acids is 1. The molecule has 2 N–H and O–H groups in total. The van der Waals surface area contributed by atoms with Crippen LogP contribution in [0.5, 0.6) is 0 Å². The molecule has 1 aromatic carbocycles. The highest BCUT2D eigenvalue weighted by Gasteiger charge is 2.51. The number of carbonyl (C=O) groups excluding carboxylic acids is 1. The number of rotatable bonds is 5. The summed E-state index contributed by atoms with van der Waals surface area (Å²) >= 11 is 0. The van der Waals surface area contributed by atoms with E-state index in [2.05, 4.69) is 51.2 Å². The van der Waals surface area contributed by atoms with Crippen molar-refractivity contribution in [2.75, 3.05) is 6.54 Å². The summed E-state index contributed by atoms with van der Waals surface area (Å²) in [6.07, 6.45) is 7.67. The van der Waals surface area contributed by atoms with Crippen molar-refractivity contribution >= 4 is 11.9 Å². The maximum absolute atomic E-state index is 12.0. The van der Waals surface area contributed by atoms with Gasteiger partial charge < -0.3 is 10.4 Å². The predicted molar refractivity (Wildman–Crippen MR) is 111 cm³/mol. The lowest BCUT2D eigenvalue weighted by Gasteiger charge is -2.55. The Kier molecular flexibility index (Phi) is 5.69. The number of carboxylic acid groups (broad SMARTS) is 1. The summed E-state index contributed by atoms with van der Waals surface area (Å²) in [5, 5.41) is 11.7. The molecule has 1 fully saturated rings. The molecular weight excluding hydrogens is 350 g/mol. The molecule has 0 aliphatic heterocycles. The van der Waals surface area contributed by atoms with Crippen LogP contribution in [0.15, 0.2) is 30.4 Å². The first-order chi connectivity index (χ1) is 13.2. The number of nitrogens with one attached hydrogen (secondary N) is 1. The van der Waals surface area contributed by atoms with E-state index in [0.717, 1.165) is 37.8 Å². The van der Waals surface area contributed by atoms with E-state index < -0.39 is 5.97 Å². The number of fused-ring (bicyclic) bond motifs is 3. The Morgan fingerprint density at radius 3 is 2.68 bits per heavy atom. The molecule has 0 saturated heterocycles. The van der Waals surface area contributed by atoms with Crippen molar-refractivity contribution in [3.05, 3.63) is 47.0 Å². The molecule has 0 bridgehead atoms. The Morgan fingerprint density at radius 1 is 1.25 bits per heavy atom. The van der Waals surface area contributed by atoms with Crippen molar-refractivity contribution in [2.45, 2.75) is 71.1 Å². The molecule has 0 radical (unpaired) electrons. The van der Waals surface area contributed by atoms with Crippen molar-refractivity contribution < 1.29 is 14.7 Å². The van der Waals surface area contributed by atoms with Crippen molar-refractivity contribution in [3.8, 4) is 0 Å². The Labute approximate surface area is 168 Å². The number of benzene rings is 1. The van der Waals surface area contributed by atoms with Gasteiger partial charge in [0.1, 0.15) is 0 Å². The Hall–Kier alpha value is -2.10. The molecule has 152 valence electrons. The first-order valence-corrected chi connectivity index (χ1v) is 10.5. The maximum Gasteiger partial charge on any atom is 0.328 e. The van der Waals surface area contributed by atoms with E-state index in [1.165, 1.54) is 23.1 Å². The van der Waals surface area contributed by atoms with Crippen LogP contribution in [0.3, 0.4) is 0 Å². The lowest BCUT2D eigenvalue weighted by atomic mass is 9.49. The van der Waals surface area contributed by atoms with E-state index in [1.54, 1.807) is 0 Å². The summed E-state index contributed by atoms with van der Waals surface area (Å²) in [5.41, 5.74) is 4.57. The number of hydrogen-bond donors (Lipinski definition) is 2. The van der Waals surface area contributed by atoms with Crippen LogP contribution in [-0.4, -0.2) is 23.5 Å². The Bertz CT molecular complexity index is 797. The third kappa shape index (κ3) is 3.87. The van der Waals surface area contributed by atoms with Crippen LogP contribution in [0.25, 0.3) is 0 Å². The van der Waals surface area contributed by atoms with E-state index >= 15 is 0 Å². The van der Waals surface area contributed by atoms with Crippen LogP contribution in [0.2, 0.25) is 0 Å². The zero-order chi connectivity index (χ0) is 20.5. The van der Waals surface area contributed by atoms with Crippen molar-refractivity contribution in [3.63, 3.8) is 0 Å². The van der Waals surface area contributed by atoms with Crippen LogP contribution in [0.4, 0.5) is 0 Å². The van der Waals surface area contributed by atoms with Gasteiger partial charge in [-0.15, -0.1) is 0 Å². The standard InChI is InChI=1S/C24H33NO3/c1-16(2)17-6-8-19-18(14-17)7-9-20-23(3,12-5-13-24(19,20)4)15-25-21(26)10-11-22(27)28/h6,8,10-11,14,16,20H,5,7,9,12-13,15H2,1-4H3,(H,25,26)(H,27,28)/b11-10+/t20-,23-,24+/m0/s1. The smallest absolute Gasteiger partial charge is 0.328 e. The summed E-state index contributed by atoms with van der Waals surface area (Å²) in [4.78, 5) is 22.6. The molecule has 1 saturated carbocycles. The summed E-state index contributed by atoms with van der Waals surface area (Å²) in [6.45, 7) is 9.79. The van der Waals surface area contributed by atoms with E-state index in [4.69, 9.17) is 5.11 Å². The number of hydrogen-bond acceptors (Lipinski definition) is 2. The largest absolute Gasteiger partial charge is 0.478 e. The fourth-order valence-corrected chi connectivity index (χ4v) is 5.71. The lowest BCUT2D eigenvalue weighted by Crippen LogP contribution is -2.53. The van der Waals surface area contributed by atoms with Gasteiger partial charge >= 0.3 is 5.97 Å². The molecule has 28 heavy (non-hydrogen) atoms. The summed E-state index contributed by atoms with van der Waals surface area (Å²) in [6, 6.07) is 7.06. The molecule has 3 atom stereocenters. The second-order valence-corrected chi connectivity index (χ2v) is 9.48. The number of carbonyl (C=O) groups is 2.